The maximum absolute atomic E-state index is 13.4. The van der Waals surface area contributed by atoms with Gasteiger partial charge in [0.15, 0.2) is 0 Å². The third-order valence-electron chi connectivity index (χ3n) is 4.98. The number of carbonyl (C=O) groups is 2. The summed E-state index contributed by atoms with van der Waals surface area (Å²) in [5, 5.41) is 2.74. The van der Waals surface area contributed by atoms with Crippen molar-refractivity contribution in [3.8, 4) is 0 Å². The predicted molar refractivity (Wildman–Crippen MR) is 123 cm³/mol. The fraction of sp³-hybridized carbons (Fsp3) is 0.200. The van der Waals surface area contributed by atoms with Gasteiger partial charge in [0.1, 0.15) is 6.04 Å². The molecule has 3 aromatic rings. The summed E-state index contributed by atoms with van der Waals surface area (Å²) in [6, 6.07) is 26.7. The molecule has 0 saturated carbocycles. The van der Waals surface area contributed by atoms with Gasteiger partial charge < -0.3 is 10.2 Å². The summed E-state index contributed by atoms with van der Waals surface area (Å²) in [4.78, 5) is 27.9. The molecule has 0 saturated heterocycles. The van der Waals surface area contributed by atoms with E-state index in [2.05, 4.69) is 21.2 Å². The molecule has 1 unspecified atom stereocenters. The van der Waals surface area contributed by atoms with E-state index in [0.717, 1.165) is 21.2 Å². The first-order chi connectivity index (χ1) is 14.6. The molecule has 5 heteroatoms. The van der Waals surface area contributed by atoms with Gasteiger partial charge in [0.2, 0.25) is 11.8 Å². The lowest BCUT2D eigenvalue weighted by atomic mass is 10.0. The standard InChI is InChI=1S/C25H25BrN2O2/c1-27-25(30)23(16-19-8-4-2-5-9-19)28(18-21-12-14-22(26)15-13-21)24(29)17-20-10-6-3-7-11-20/h2-15,23H,16-18H2,1H3,(H,27,30). The van der Waals surface area contributed by atoms with Crippen molar-refractivity contribution in [1.82, 2.24) is 10.2 Å². The van der Waals surface area contributed by atoms with Crippen molar-refractivity contribution in [2.24, 2.45) is 0 Å². The van der Waals surface area contributed by atoms with Gasteiger partial charge in [-0.05, 0) is 28.8 Å². The van der Waals surface area contributed by atoms with Crippen molar-refractivity contribution in [2.75, 3.05) is 7.05 Å². The van der Waals surface area contributed by atoms with Crippen molar-refractivity contribution in [2.45, 2.75) is 25.4 Å². The first-order valence-electron chi connectivity index (χ1n) is 9.90. The number of hydrogen-bond acceptors (Lipinski definition) is 2. The van der Waals surface area contributed by atoms with Crippen LogP contribution < -0.4 is 5.32 Å². The van der Waals surface area contributed by atoms with E-state index in [1.54, 1.807) is 11.9 Å². The van der Waals surface area contributed by atoms with Crippen molar-refractivity contribution in [1.29, 1.82) is 0 Å². The van der Waals surface area contributed by atoms with E-state index in [1.165, 1.54) is 0 Å². The van der Waals surface area contributed by atoms with Gasteiger partial charge >= 0.3 is 0 Å². The molecule has 154 valence electrons. The number of benzene rings is 3. The summed E-state index contributed by atoms with van der Waals surface area (Å²) >= 11 is 3.45. The topological polar surface area (TPSA) is 49.4 Å². The number of likely N-dealkylation sites (N-methyl/N-ethyl adjacent to an activating group) is 1. The second kappa shape index (κ2) is 10.7. The minimum atomic E-state index is -0.600. The van der Waals surface area contributed by atoms with Gasteiger partial charge in [-0.2, -0.15) is 0 Å². The lowest BCUT2D eigenvalue weighted by Crippen LogP contribution is -2.50. The number of halogens is 1. The summed E-state index contributed by atoms with van der Waals surface area (Å²) in [7, 11) is 1.61. The fourth-order valence-electron chi connectivity index (χ4n) is 3.38. The third kappa shape index (κ3) is 6.04. The van der Waals surface area contributed by atoms with Gasteiger partial charge in [-0.3, -0.25) is 9.59 Å². The third-order valence-corrected chi connectivity index (χ3v) is 5.51. The Balaban J connectivity index is 1.92. The maximum atomic E-state index is 13.4. The Bertz CT molecular complexity index is 959. The quantitative estimate of drug-likeness (QED) is 0.537. The van der Waals surface area contributed by atoms with Crippen LogP contribution in [-0.4, -0.2) is 29.8 Å². The van der Waals surface area contributed by atoms with E-state index >= 15 is 0 Å². The lowest BCUT2D eigenvalue weighted by Gasteiger charge is -2.31. The molecule has 1 N–H and O–H groups in total. The molecular formula is C25H25BrN2O2. The zero-order valence-electron chi connectivity index (χ0n) is 16.9. The SMILES string of the molecule is CNC(=O)C(Cc1ccccc1)N(Cc1ccc(Br)cc1)C(=O)Cc1ccccc1. The number of nitrogens with one attached hydrogen (secondary N) is 1. The first-order valence-corrected chi connectivity index (χ1v) is 10.7. The van der Waals surface area contributed by atoms with Crippen LogP contribution in [0.15, 0.2) is 89.4 Å². The van der Waals surface area contributed by atoms with Crippen LogP contribution in [0.5, 0.6) is 0 Å². The average Bonchev–Trinajstić information content (AvgIpc) is 2.78. The van der Waals surface area contributed by atoms with Gasteiger partial charge in [-0.1, -0.05) is 88.7 Å². The Kier molecular flexibility index (Phi) is 7.80. The number of amides is 2. The summed E-state index contributed by atoms with van der Waals surface area (Å²) in [5.41, 5.74) is 2.92. The van der Waals surface area contributed by atoms with Crippen molar-refractivity contribution in [3.63, 3.8) is 0 Å². The number of rotatable bonds is 8. The minimum absolute atomic E-state index is 0.0753. The Labute approximate surface area is 186 Å². The van der Waals surface area contributed by atoms with E-state index in [4.69, 9.17) is 0 Å². The highest BCUT2D eigenvalue weighted by Gasteiger charge is 2.29. The maximum Gasteiger partial charge on any atom is 0.242 e. The molecule has 0 aliphatic carbocycles. The van der Waals surface area contributed by atoms with Crippen LogP contribution in [0.4, 0.5) is 0 Å². The molecule has 0 heterocycles. The number of hydrogen-bond donors (Lipinski definition) is 1. The highest BCUT2D eigenvalue weighted by molar-refractivity contribution is 9.10. The van der Waals surface area contributed by atoms with Gasteiger partial charge in [-0.15, -0.1) is 0 Å². The number of carbonyl (C=O) groups excluding carboxylic acids is 2. The molecule has 3 aromatic carbocycles. The Morgan fingerprint density at radius 3 is 1.97 bits per heavy atom. The van der Waals surface area contributed by atoms with Gasteiger partial charge in [-0.25, -0.2) is 0 Å². The van der Waals surface area contributed by atoms with Crippen LogP contribution in [0.3, 0.4) is 0 Å². The van der Waals surface area contributed by atoms with E-state index < -0.39 is 6.04 Å². The first kappa shape index (κ1) is 21.8. The van der Waals surface area contributed by atoms with E-state index in [-0.39, 0.29) is 18.2 Å². The molecule has 3 rings (SSSR count). The molecule has 0 spiro atoms. The van der Waals surface area contributed by atoms with Crippen LogP contribution in [0.25, 0.3) is 0 Å². The molecule has 0 radical (unpaired) electrons. The van der Waals surface area contributed by atoms with Gasteiger partial charge in [0, 0.05) is 24.5 Å². The van der Waals surface area contributed by atoms with Crippen LogP contribution in [-0.2, 0) is 29.0 Å². The zero-order valence-corrected chi connectivity index (χ0v) is 18.5. The molecule has 4 nitrogen and oxygen atoms in total. The smallest absolute Gasteiger partial charge is 0.242 e. The highest BCUT2D eigenvalue weighted by Crippen LogP contribution is 2.18. The summed E-state index contributed by atoms with van der Waals surface area (Å²) in [6.07, 6.45) is 0.706. The van der Waals surface area contributed by atoms with Crippen LogP contribution in [0.2, 0.25) is 0 Å². The normalized spacial score (nSPS) is 11.5. The van der Waals surface area contributed by atoms with Crippen molar-refractivity contribution < 1.29 is 9.59 Å². The molecule has 1 atom stereocenters. The molecule has 30 heavy (non-hydrogen) atoms. The van der Waals surface area contributed by atoms with Crippen molar-refractivity contribution >= 4 is 27.7 Å². The Hall–Kier alpha value is -2.92. The summed E-state index contributed by atoms with van der Waals surface area (Å²) < 4.78 is 0.973. The zero-order chi connectivity index (χ0) is 21.3. The summed E-state index contributed by atoms with van der Waals surface area (Å²) in [6.45, 7) is 0.365. The lowest BCUT2D eigenvalue weighted by molar-refractivity contribution is -0.140. The van der Waals surface area contributed by atoms with Crippen LogP contribution in [0.1, 0.15) is 16.7 Å². The van der Waals surface area contributed by atoms with E-state index in [0.29, 0.717) is 13.0 Å². The monoisotopic (exact) mass is 464 g/mol. The Morgan fingerprint density at radius 1 is 0.833 bits per heavy atom. The number of nitrogens with zero attached hydrogens (tertiary/aromatic N) is 1. The van der Waals surface area contributed by atoms with Crippen molar-refractivity contribution in [3.05, 3.63) is 106 Å². The van der Waals surface area contributed by atoms with Crippen LogP contribution in [0, 0.1) is 0 Å². The molecule has 2 amide bonds. The van der Waals surface area contributed by atoms with E-state index in [9.17, 15) is 9.59 Å². The highest BCUT2D eigenvalue weighted by atomic mass is 79.9. The molecule has 0 bridgehead atoms. The second-order valence-corrected chi connectivity index (χ2v) is 8.05. The molecule has 0 fully saturated rings. The van der Waals surface area contributed by atoms with Crippen LogP contribution >= 0.6 is 15.9 Å². The minimum Gasteiger partial charge on any atom is -0.357 e. The fourth-order valence-corrected chi connectivity index (χ4v) is 3.64. The summed E-state index contributed by atoms with van der Waals surface area (Å²) in [5.74, 6) is -0.244. The predicted octanol–water partition coefficient (Wildman–Crippen LogP) is 4.38. The molecular weight excluding hydrogens is 440 g/mol. The molecule has 0 aliphatic rings. The average molecular weight is 465 g/mol. The molecule has 0 aromatic heterocycles. The molecule has 0 aliphatic heterocycles. The second-order valence-electron chi connectivity index (χ2n) is 7.13. The van der Waals surface area contributed by atoms with Gasteiger partial charge in [0.25, 0.3) is 0 Å². The Morgan fingerprint density at radius 2 is 1.40 bits per heavy atom. The van der Waals surface area contributed by atoms with E-state index in [1.807, 2.05) is 84.9 Å². The largest absolute Gasteiger partial charge is 0.357 e. The van der Waals surface area contributed by atoms with Gasteiger partial charge in [0.05, 0.1) is 6.42 Å².